The molecule has 0 aliphatic heterocycles. The monoisotopic (exact) mass is 395 g/mol. The summed E-state index contributed by atoms with van der Waals surface area (Å²) in [5, 5.41) is 5.14. The van der Waals surface area contributed by atoms with Crippen molar-refractivity contribution >= 4 is 28.2 Å². The average molecular weight is 395 g/mol. The third kappa shape index (κ3) is 4.23. The molecule has 0 fully saturated rings. The Labute approximate surface area is 167 Å². The third-order valence-corrected chi connectivity index (χ3v) is 5.09. The molecule has 5 nitrogen and oxygen atoms in total. The van der Waals surface area contributed by atoms with E-state index < -0.39 is 5.97 Å². The summed E-state index contributed by atoms with van der Waals surface area (Å²) in [4.78, 5) is 25.0. The molecule has 144 valence electrons. The predicted molar refractivity (Wildman–Crippen MR) is 111 cm³/mol. The van der Waals surface area contributed by atoms with Gasteiger partial charge in [-0.15, -0.1) is 11.3 Å². The van der Waals surface area contributed by atoms with Gasteiger partial charge < -0.3 is 14.8 Å². The van der Waals surface area contributed by atoms with Crippen molar-refractivity contribution in [2.75, 3.05) is 19.0 Å². The van der Waals surface area contributed by atoms with Gasteiger partial charge in [-0.3, -0.25) is 4.79 Å². The molecule has 6 heteroatoms. The van der Waals surface area contributed by atoms with Gasteiger partial charge in [0.25, 0.3) is 5.91 Å². The van der Waals surface area contributed by atoms with Crippen LogP contribution in [-0.2, 0) is 4.74 Å². The minimum Gasteiger partial charge on any atom is -0.494 e. The Kier molecular flexibility index (Phi) is 6.11. The Morgan fingerprint density at radius 1 is 1.04 bits per heavy atom. The lowest BCUT2D eigenvalue weighted by Crippen LogP contribution is -2.14. The topological polar surface area (TPSA) is 64.6 Å². The zero-order valence-electron chi connectivity index (χ0n) is 15.9. The molecule has 1 heterocycles. The van der Waals surface area contributed by atoms with E-state index in [1.165, 1.54) is 18.4 Å². The Bertz CT molecular complexity index is 975. The van der Waals surface area contributed by atoms with Crippen molar-refractivity contribution in [2.45, 2.75) is 13.8 Å². The first-order chi connectivity index (χ1) is 13.5. The third-order valence-electron chi connectivity index (χ3n) is 4.20. The Morgan fingerprint density at radius 2 is 1.71 bits per heavy atom. The van der Waals surface area contributed by atoms with Crippen LogP contribution in [-0.4, -0.2) is 25.6 Å². The van der Waals surface area contributed by atoms with E-state index in [2.05, 4.69) is 5.32 Å². The van der Waals surface area contributed by atoms with Crippen LogP contribution in [0.2, 0.25) is 0 Å². The van der Waals surface area contributed by atoms with E-state index in [0.717, 1.165) is 16.9 Å². The maximum Gasteiger partial charge on any atom is 0.341 e. The largest absolute Gasteiger partial charge is 0.494 e. The summed E-state index contributed by atoms with van der Waals surface area (Å²) in [6.45, 7) is 4.46. The number of hydrogen-bond acceptors (Lipinski definition) is 5. The molecule has 0 saturated heterocycles. The van der Waals surface area contributed by atoms with Crippen molar-refractivity contribution in [3.05, 3.63) is 70.6 Å². The van der Waals surface area contributed by atoms with Crippen LogP contribution >= 0.6 is 11.3 Å². The molecule has 0 aliphatic carbocycles. The van der Waals surface area contributed by atoms with Gasteiger partial charge in [-0.2, -0.15) is 0 Å². The normalized spacial score (nSPS) is 10.4. The van der Waals surface area contributed by atoms with Gasteiger partial charge in [0.15, 0.2) is 0 Å². The van der Waals surface area contributed by atoms with Crippen molar-refractivity contribution in [2.24, 2.45) is 0 Å². The quantitative estimate of drug-likeness (QED) is 0.586. The van der Waals surface area contributed by atoms with Gasteiger partial charge >= 0.3 is 5.97 Å². The number of esters is 1. The second kappa shape index (κ2) is 8.71. The summed E-state index contributed by atoms with van der Waals surface area (Å²) < 4.78 is 10.4. The molecule has 0 unspecified atom stereocenters. The van der Waals surface area contributed by atoms with Gasteiger partial charge in [-0.05, 0) is 43.7 Å². The number of nitrogens with one attached hydrogen (secondary N) is 1. The Morgan fingerprint density at radius 3 is 2.32 bits per heavy atom. The SMILES string of the molecule is CCOc1ccc(-c2csc(NC(=O)c3ccc(C)cc3)c2C(=O)OC)cc1. The summed E-state index contributed by atoms with van der Waals surface area (Å²) in [5.41, 5.74) is 3.49. The lowest BCUT2D eigenvalue weighted by Gasteiger charge is -2.09. The summed E-state index contributed by atoms with van der Waals surface area (Å²) in [6.07, 6.45) is 0. The fourth-order valence-electron chi connectivity index (χ4n) is 2.74. The molecule has 0 radical (unpaired) electrons. The molecule has 28 heavy (non-hydrogen) atoms. The highest BCUT2D eigenvalue weighted by Gasteiger charge is 2.22. The number of ether oxygens (including phenoxy) is 2. The lowest BCUT2D eigenvalue weighted by atomic mass is 10.0. The Balaban J connectivity index is 1.93. The molecule has 0 bridgehead atoms. The minimum absolute atomic E-state index is 0.273. The van der Waals surface area contributed by atoms with E-state index in [1.54, 1.807) is 12.1 Å². The molecule has 0 atom stereocenters. The van der Waals surface area contributed by atoms with E-state index in [9.17, 15) is 9.59 Å². The highest BCUT2D eigenvalue weighted by Crippen LogP contribution is 2.37. The summed E-state index contributed by atoms with van der Waals surface area (Å²) in [7, 11) is 1.33. The average Bonchev–Trinajstić information content (AvgIpc) is 3.12. The van der Waals surface area contributed by atoms with E-state index in [4.69, 9.17) is 9.47 Å². The van der Waals surface area contributed by atoms with Gasteiger partial charge in [0.2, 0.25) is 0 Å². The number of thiophene rings is 1. The first-order valence-corrected chi connectivity index (χ1v) is 9.72. The molecule has 3 aromatic rings. The summed E-state index contributed by atoms with van der Waals surface area (Å²) in [6, 6.07) is 14.7. The van der Waals surface area contributed by atoms with Crippen molar-refractivity contribution in [3.8, 4) is 16.9 Å². The number of rotatable bonds is 6. The smallest absolute Gasteiger partial charge is 0.341 e. The van der Waals surface area contributed by atoms with Crippen molar-refractivity contribution in [3.63, 3.8) is 0 Å². The molecule has 1 N–H and O–H groups in total. The van der Waals surface area contributed by atoms with E-state index in [0.29, 0.717) is 28.3 Å². The molecule has 1 aromatic heterocycles. The molecular formula is C22H21NO4S. The first-order valence-electron chi connectivity index (χ1n) is 8.84. The minimum atomic E-state index is -0.496. The summed E-state index contributed by atoms with van der Waals surface area (Å²) >= 11 is 1.29. The molecule has 3 rings (SSSR count). The number of methoxy groups -OCH3 is 1. The number of amides is 1. The fourth-order valence-corrected chi connectivity index (χ4v) is 3.70. The zero-order chi connectivity index (χ0) is 20.1. The number of hydrogen-bond donors (Lipinski definition) is 1. The molecule has 2 aromatic carbocycles. The first kappa shape index (κ1) is 19.6. The molecule has 0 spiro atoms. The predicted octanol–water partition coefficient (Wildman–Crippen LogP) is 5.16. The van der Waals surface area contributed by atoms with Gasteiger partial charge in [0.05, 0.1) is 13.7 Å². The van der Waals surface area contributed by atoms with Crippen LogP contribution in [0.4, 0.5) is 5.00 Å². The van der Waals surface area contributed by atoms with Crippen LogP contribution in [0, 0.1) is 6.92 Å². The number of carbonyl (C=O) groups is 2. The lowest BCUT2D eigenvalue weighted by molar-refractivity contribution is 0.0603. The maximum atomic E-state index is 12.6. The van der Waals surface area contributed by atoms with Gasteiger partial charge in [0, 0.05) is 16.5 Å². The van der Waals surface area contributed by atoms with Crippen LogP contribution < -0.4 is 10.1 Å². The van der Waals surface area contributed by atoms with Crippen LogP contribution in [0.3, 0.4) is 0 Å². The molecule has 0 saturated carbocycles. The standard InChI is InChI=1S/C22H21NO4S/c1-4-27-17-11-9-15(10-12-17)18-13-28-21(19(18)22(25)26-3)23-20(24)16-7-5-14(2)6-8-16/h5-13H,4H2,1-3H3,(H,23,24). The number of carbonyl (C=O) groups excluding carboxylic acids is 2. The molecule has 0 aliphatic rings. The van der Waals surface area contributed by atoms with Gasteiger partial charge in [0.1, 0.15) is 16.3 Å². The second-order valence-corrected chi connectivity index (χ2v) is 7.00. The second-order valence-electron chi connectivity index (χ2n) is 6.12. The van der Waals surface area contributed by atoms with Crippen molar-refractivity contribution in [1.82, 2.24) is 0 Å². The highest BCUT2D eigenvalue weighted by molar-refractivity contribution is 7.15. The Hall–Kier alpha value is -3.12. The number of benzene rings is 2. The van der Waals surface area contributed by atoms with E-state index >= 15 is 0 Å². The maximum absolute atomic E-state index is 12.6. The van der Waals surface area contributed by atoms with Crippen LogP contribution in [0.15, 0.2) is 53.9 Å². The van der Waals surface area contributed by atoms with Gasteiger partial charge in [-0.25, -0.2) is 4.79 Å². The molecular weight excluding hydrogens is 374 g/mol. The van der Waals surface area contributed by atoms with Crippen LogP contribution in [0.5, 0.6) is 5.75 Å². The highest BCUT2D eigenvalue weighted by atomic mass is 32.1. The van der Waals surface area contributed by atoms with Crippen LogP contribution in [0.1, 0.15) is 33.2 Å². The number of aryl methyl sites for hydroxylation is 1. The number of anilines is 1. The molecule has 1 amide bonds. The zero-order valence-corrected chi connectivity index (χ0v) is 16.8. The van der Waals surface area contributed by atoms with Crippen LogP contribution in [0.25, 0.3) is 11.1 Å². The van der Waals surface area contributed by atoms with E-state index in [1.807, 2.05) is 55.6 Å². The van der Waals surface area contributed by atoms with Gasteiger partial charge in [-0.1, -0.05) is 29.8 Å². The fraction of sp³-hybridized carbons (Fsp3) is 0.182. The van der Waals surface area contributed by atoms with Crippen molar-refractivity contribution in [1.29, 1.82) is 0 Å². The summed E-state index contributed by atoms with van der Waals surface area (Å²) in [5.74, 6) is -0.0106. The van der Waals surface area contributed by atoms with E-state index in [-0.39, 0.29) is 5.91 Å². The van der Waals surface area contributed by atoms with Crippen molar-refractivity contribution < 1.29 is 19.1 Å².